The molecule has 84 valence electrons. The Bertz CT molecular complexity index is 463. The Labute approximate surface area is 94.3 Å². The van der Waals surface area contributed by atoms with Crippen LogP contribution in [0.1, 0.15) is 18.3 Å². The van der Waals surface area contributed by atoms with Gasteiger partial charge in [-0.2, -0.15) is 0 Å². The largest absolute Gasteiger partial charge is 0.330 e. The lowest BCUT2D eigenvalue weighted by Gasteiger charge is -2.09. The van der Waals surface area contributed by atoms with E-state index in [4.69, 9.17) is 5.84 Å². The van der Waals surface area contributed by atoms with E-state index in [1.807, 2.05) is 24.5 Å². The van der Waals surface area contributed by atoms with Crippen molar-refractivity contribution in [1.82, 2.24) is 14.5 Å². The molecule has 0 saturated carbocycles. The SMILES string of the molecule is CCc1nccn1Cc1cccnc1NN. The lowest BCUT2D eigenvalue weighted by Crippen LogP contribution is -2.13. The standard InChI is InChI=1S/C11H15N5/c1-2-10-13-6-7-16(10)8-9-4-3-5-14-11(9)15-12/h3-7H,2,8,12H2,1H3,(H,14,15). The second kappa shape index (κ2) is 4.76. The first-order chi connectivity index (χ1) is 7.85. The Balaban J connectivity index is 2.26. The van der Waals surface area contributed by atoms with Crippen molar-refractivity contribution in [2.45, 2.75) is 19.9 Å². The first-order valence-corrected chi connectivity index (χ1v) is 5.25. The summed E-state index contributed by atoms with van der Waals surface area (Å²) in [6, 6.07) is 3.90. The molecule has 2 aromatic heterocycles. The van der Waals surface area contributed by atoms with E-state index in [2.05, 4.69) is 26.9 Å². The van der Waals surface area contributed by atoms with E-state index < -0.39 is 0 Å². The van der Waals surface area contributed by atoms with Gasteiger partial charge in [0.05, 0.1) is 6.54 Å². The Hall–Kier alpha value is -1.88. The van der Waals surface area contributed by atoms with E-state index >= 15 is 0 Å². The number of hydrogen-bond donors (Lipinski definition) is 2. The average Bonchev–Trinajstić information content (AvgIpc) is 2.77. The van der Waals surface area contributed by atoms with Crippen molar-refractivity contribution in [2.75, 3.05) is 5.43 Å². The number of anilines is 1. The molecule has 0 aliphatic carbocycles. The van der Waals surface area contributed by atoms with Gasteiger partial charge < -0.3 is 9.99 Å². The van der Waals surface area contributed by atoms with Crippen molar-refractivity contribution in [3.8, 4) is 0 Å². The van der Waals surface area contributed by atoms with E-state index in [1.165, 1.54) is 0 Å². The molecule has 0 bridgehead atoms. The highest BCUT2D eigenvalue weighted by atomic mass is 15.3. The molecule has 0 aliphatic rings. The number of aromatic nitrogens is 3. The molecule has 2 aromatic rings. The molecule has 0 unspecified atom stereocenters. The van der Waals surface area contributed by atoms with E-state index in [1.54, 1.807) is 6.20 Å². The van der Waals surface area contributed by atoms with Crippen molar-refractivity contribution in [2.24, 2.45) is 5.84 Å². The molecule has 0 atom stereocenters. The fourth-order valence-corrected chi connectivity index (χ4v) is 1.68. The van der Waals surface area contributed by atoms with Gasteiger partial charge in [-0.3, -0.25) is 0 Å². The molecule has 3 N–H and O–H groups in total. The maximum Gasteiger partial charge on any atom is 0.144 e. The summed E-state index contributed by atoms with van der Waals surface area (Å²) in [7, 11) is 0. The molecule has 0 spiro atoms. The number of nitrogen functional groups attached to an aromatic ring is 1. The monoisotopic (exact) mass is 217 g/mol. The molecule has 2 rings (SSSR count). The first kappa shape index (κ1) is 10.6. The number of imidazole rings is 1. The fourth-order valence-electron chi connectivity index (χ4n) is 1.68. The van der Waals surface area contributed by atoms with Crippen molar-refractivity contribution < 1.29 is 0 Å². The van der Waals surface area contributed by atoms with Crippen LogP contribution in [-0.2, 0) is 13.0 Å². The molecular formula is C11H15N5. The second-order valence-corrected chi connectivity index (χ2v) is 3.48. The first-order valence-electron chi connectivity index (χ1n) is 5.25. The highest BCUT2D eigenvalue weighted by Gasteiger charge is 2.05. The van der Waals surface area contributed by atoms with Gasteiger partial charge in [0.1, 0.15) is 11.6 Å². The van der Waals surface area contributed by atoms with Crippen LogP contribution in [0.5, 0.6) is 0 Å². The van der Waals surface area contributed by atoms with Crippen LogP contribution in [0.2, 0.25) is 0 Å². The van der Waals surface area contributed by atoms with E-state index in [0.717, 1.165) is 24.4 Å². The van der Waals surface area contributed by atoms with Crippen LogP contribution >= 0.6 is 0 Å². The lowest BCUT2D eigenvalue weighted by molar-refractivity contribution is 0.730. The predicted molar refractivity (Wildman–Crippen MR) is 62.8 cm³/mol. The summed E-state index contributed by atoms with van der Waals surface area (Å²) in [6.07, 6.45) is 6.41. The maximum absolute atomic E-state index is 5.41. The van der Waals surface area contributed by atoms with Gasteiger partial charge in [0, 0.05) is 30.6 Å². The Morgan fingerprint density at radius 3 is 3.00 bits per heavy atom. The molecule has 0 aliphatic heterocycles. The van der Waals surface area contributed by atoms with Crippen LogP contribution in [0.25, 0.3) is 0 Å². The number of pyridine rings is 1. The molecule has 0 radical (unpaired) electrons. The van der Waals surface area contributed by atoms with Gasteiger partial charge >= 0.3 is 0 Å². The average molecular weight is 217 g/mol. The minimum absolute atomic E-state index is 0.707. The van der Waals surface area contributed by atoms with Crippen LogP contribution in [0.3, 0.4) is 0 Å². The quantitative estimate of drug-likeness (QED) is 0.596. The summed E-state index contributed by atoms with van der Waals surface area (Å²) in [5.74, 6) is 7.18. The molecule has 0 amide bonds. The summed E-state index contributed by atoms with van der Waals surface area (Å²) in [5, 5.41) is 0. The van der Waals surface area contributed by atoms with Gasteiger partial charge in [0.2, 0.25) is 0 Å². The zero-order chi connectivity index (χ0) is 11.4. The molecule has 0 fully saturated rings. The number of aryl methyl sites for hydroxylation is 1. The van der Waals surface area contributed by atoms with Gasteiger partial charge in [0.25, 0.3) is 0 Å². The number of rotatable bonds is 4. The van der Waals surface area contributed by atoms with Crippen molar-refractivity contribution in [3.05, 3.63) is 42.1 Å². The Morgan fingerprint density at radius 2 is 2.25 bits per heavy atom. The van der Waals surface area contributed by atoms with Gasteiger partial charge in [-0.05, 0) is 6.07 Å². The van der Waals surface area contributed by atoms with Crippen LogP contribution in [0.4, 0.5) is 5.82 Å². The zero-order valence-corrected chi connectivity index (χ0v) is 9.22. The zero-order valence-electron chi connectivity index (χ0n) is 9.22. The molecule has 0 saturated heterocycles. The molecular weight excluding hydrogens is 202 g/mol. The molecule has 2 heterocycles. The fraction of sp³-hybridized carbons (Fsp3) is 0.273. The van der Waals surface area contributed by atoms with Gasteiger partial charge in [-0.15, -0.1) is 0 Å². The summed E-state index contributed by atoms with van der Waals surface area (Å²) < 4.78 is 2.10. The summed E-state index contributed by atoms with van der Waals surface area (Å²) in [4.78, 5) is 8.44. The number of nitrogens with one attached hydrogen (secondary N) is 1. The minimum atomic E-state index is 0.707. The van der Waals surface area contributed by atoms with Crippen LogP contribution in [0, 0.1) is 0 Å². The highest BCUT2D eigenvalue weighted by Crippen LogP contribution is 2.12. The third-order valence-corrected chi connectivity index (χ3v) is 2.49. The smallest absolute Gasteiger partial charge is 0.144 e. The van der Waals surface area contributed by atoms with E-state index in [0.29, 0.717) is 5.82 Å². The lowest BCUT2D eigenvalue weighted by atomic mass is 10.2. The predicted octanol–water partition coefficient (Wildman–Crippen LogP) is 1.17. The van der Waals surface area contributed by atoms with Crippen LogP contribution < -0.4 is 11.3 Å². The van der Waals surface area contributed by atoms with Crippen molar-refractivity contribution in [3.63, 3.8) is 0 Å². The molecule has 5 heteroatoms. The van der Waals surface area contributed by atoms with E-state index in [-0.39, 0.29) is 0 Å². The maximum atomic E-state index is 5.41. The summed E-state index contributed by atoms with van der Waals surface area (Å²) in [6.45, 7) is 2.82. The molecule has 5 nitrogen and oxygen atoms in total. The van der Waals surface area contributed by atoms with Crippen molar-refractivity contribution in [1.29, 1.82) is 0 Å². The molecule has 16 heavy (non-hydrogen) atoms. The third kappa shape index (κ3) is 2.04. The Morgan fingerprint density at radius 1 is 1.38 bits per heavy atom. The topological polar surface area (TPSA) is 68.8 Å². The van der Waals surface area contributed by atoms with Crippen LogP contribution in [0.15, 0.2) is 30.7 Å². The second-order valence-electron chi connectivity index (χ2n) is 3.48. The number of hydrazine groups is 1. The van der Waals surface area contributed by atoms with Gasteiger partial charge in [-0.25, -0.2) is 15.8 Å². The van der Waals surface area contributed by atoms with Crippen LogP contribution in [-0.4, -0.2) is 14.5 Å². The van der Waals surface area contributed by atoms with E-state index in [9.17, 15) is 0 Å². The number of nitrogens with two attached hydrogens (primary N) is 1. The number of hydrogen-bond acceptors (Lipinski definition) is 4. The molecule has 0 aromatic carbocycles. The Kier molecular flexibility index (Phi) is 3.16. The number of nitrogens with zero attached hydrogens (tertiary/aromatic N) is 3. The van der Waals surface area contributed by atoms with Gasteiger partial charge in [0.15, 0.2) is 0 Å². The van der Waals surface area contributed by atoms with Crippen molar-refractivity contribution >= 4 is 5.82 Å². The highest BCUT2D eigenvalue weighted by molar-refractivity contribution is 5.42. The third-order valence-electron chi connectivity index (χ3n) is 2.49. The van der Waals surface area contributed by atoms with Gasteiger partial charge in [-0.1, -0.05) is 13.0 Å². The normalized spacial score (nSPS) is 10.4. The summed E-state index contributed by atoms with van der Waals surface area (Å²) in [5.41, 5.74) is 3.65. The summed E-state index contributed by atoms with van der Waals surface area (Å²) >= 11 is 0. The minimum Gasteiger partial charge on any atom is -0.330 e.